The van der Waals surface area contributed by atoms with Crippen molar-refractivity contribution < 1.29 is 9.59 Å². The lowest BCUT2D eigenvalue weighted by Crippen LogP contribution is -2.40. The van der Waals surface area contributed by atoms with Gasteiger partial charge in [0.05, 0.1) is 11.4 Å². The van der Waals surface area contributed by atoms with Crippen LogP contribution in [0.15, 0.2) is 12.1 Å². The van der Waals surface area contributed by atoms with E-state index in [1.165, 1.54) is 37.0 Å². The molecule has 0 aromatic carbocycles. The molecule has 1 aromatic rings. The Morgan fingerprint density at radius 3 is 2.50 bits per heavy atom. The predicted octanol–water partition coefficient (Wildman–Crippen LogP) is 1.78. The number of carbonyl (C=O) groups is 2. The molecule has 2 rings (SSSR count). The molecule has 122 valence electrons. The first kappa shape index (κ1) is 17.0. The highest BCUT2D eigenvalue weighted by atomic mass is 32.1. The highest BCUT2D eigenvalue weighted by molar-refractivity contribution is 7.13. The van der Waals surface area contributed by atoms with Crippen LogP contribution in [0.5, 0.6) is 0 Å². The molecule has 0 atom stereocenters. The van der Waals surface area contributed by atoms with E-state index in [9.17, 15) is 9.59 Å². The van der Waals surface area contributed by atoms with Crippen molar-refractivity contribution in [3.8, 4) is 0 Å². The Balaban J connectivity index is 1.60. The van der Waals surface area contributed by atoms with Crippen LogP contribution in [-0.2, 0) is 4.79 Å². The average molecular weight is 323 g/mol. The van der Waals surface area contributed by atoms with Crippen LogP contribution in [0.1, 0.15) is 40.2 Å². The topological polar surface area (TPSA) is 61.4 Å². The second-order valence-electron chi connectivity index (χ2n) is 5.70. The predicted molar refractivity (Wildman–Crippen MR) is 89.3 cm³/mol. The van der Waals surface area contributed by atoms with Gasteiger partial charge in [-0.1, -0.05) is 12.8 Å². The minimum absolute atomic E-state index is 0.0375. The monoisotopic (exact) mass is 323 g/mol. The lowest BCUT2D eigenvalue weighted by molar-refractivity contribution is -0.120. The summed E-state index contributed by atoms with van der Waals surface area (Å²) in [5.74, 6) is -0.308. The van der Waals surface area contributed by atoms with Gasteiger partial charge in [0.25, 0.3) is 5.91 Å². The molecular formula is C16H25N3O2S. The van der Waals surface area contributed by atoms with Crippen molar-refractivity contribution in [3.63, 3.8) is 0 Å². The van der Waals surface area contributed by atoms with Gasteiger partial charge >= 0.3 is 0 Å². The van der Waals surface area contributed by atoms with E-state index in [0.717, 1.165) is 24.5 Å². The van der Waals surface area contributed by atoms with Gasteiger partial charge in [-0.3, -0.25) is 9.59 Å². The smallest absolute Gasteiger partial charge is 0.261 e. The normalized spacial score (nSPS) is 16.0. The van der Waals surface area contributed by atoms with Crippen LogP contribution in [0, 0.1) is 6.92 Å². The Kier molecular flexibility index (Phi) is 6.86. The number of thiophene rings is 1. The Morgan fingerprint density at radius 2 is 1.86 bits per heavy atom. The molecule has 0 saturated carbocycles. The molecule has 1 fully saturated rings. The molecule has 0 spiro atoms. The maximum atomic E-state index is 11.8. The van der Waals surface area contributed by atoms with Crippen LogP contribution in [-0.4, -0.2) is 49.4 Å². The molecular weight excluding hydrogens is 298 g/mol. The fraction of sp³-hybridized carbons (Fsp3) is 0.625. The van der Waals surface area contributed by atoms with Crippen LogP contribution < -0.4 is 10.6 Å². The molecule has 1 saturated heterocycles. The largest absolute Gasteiger partial charge is 0.353 e. The Bertz CT molecular complexity index is 493. The summed E-state index contributed by atoms with van der Waals surface area (Å²) in [5.41, 5.74) is 0. The fourth-order valence-corrected chi connectivity index (χ4v) is 3.36. The number of aryl methyl sites for hydroxylation is 1. The Labute approximate surface area is 136 Å². The quantitative estimate of drug-likeness (QED) is 0.839. The summed E-state index contributed by atoms with van der Waals surface area (Å²) in [6, 6.07) is 3.69. The summed E-state index contributed by atoms with van der Waals surface area (Å²) < 4.78 is 0. The second kappa shape index (κ2) is 8.90. The SMILES string of the molecule is Cc1ccc(C(=O)NCC(=O)NCCN2CCCCCC2)s1. The van der Waals surface area contributed by atoms with Crippen LogP contribution in [0.3, 0.4) is 0 Å². The average Bonchev–Trinajstić information content (AvgIpc) is 2.78. The van der Waals surface area contributed by atoms with Gasteiger partial charge in [-0.25, -0.2) is 0 Å². The minimum atomic E-state index is -0.180. The van der Waals surface area contributed by atoms with Gasteiger partial charge in [-0.05, 0) is 45.0 Å². The van der Waals surface area contributed by atoms with Crippen molar-refractivity contribution in [3.05, 3.63) is 21.9 Å². The summed E-state index contributed by atoms with van der Waals surface area (Å²) in [6.07, 6.45) is 5.14. The Morgan fingerprint density at radius 1 is 1.14 bits per heavy atom. The molecule has 2 amide bonds. The minimum Gasteiger partial charge on any atom is -0.353 e. The van der Waals surface area contributed by atoms with E-state index in [1.807, 2.05) is 13.0 Å². The number of hydrogen-bond donors (Lipinski definition) is 2. The summed E-state index contributed by atoms with van der Waals surface area (Å²) in [7, 11) is 0. The number of nitrogens with zero attached hydrogens (tertiary/aromatic N) is 1. The summed E-state index contributed by atoms with van der Waals surface area (Å²) in [5, 5.41) is 5.53. The van der Waals surface area contributed by atoms with Gasteiger partial charge in [-0.15, -0.1) is 11.3 Å². The molecule has 1 aromatic heterocycles. The number of hydrogen-bond acceptors (Lipinski definition) is 4. The number of likely N-dealkylation sites (tertiary alicyclic amines) is 1. The van der Waals surface area contributed by atoms with Gasteiger partial charge in [-0.2, -0.15) is 0 Å². The number of rotatable bonds is 6. The van der Waals surface area contributed by atoms with Crippen molar-refractivity contribution in [2.75, 3.05) is 32.7 Å². The fourth-order valence-electron chi connectivity index (χ4n) is 2.58. The van der Waals surface area contributed by atoms with E-state index >= 15 is 0 Å². The van der Waals surface area contributed by atoms with E-state index in [-0.39, 0.29) is 18.4 Å². The summed E-state index contributed by atoms with van der Waals surface area (Å²) in [6.45, 7) is 5.79. The molecule has 1 aliphatic rings. The lowest BCUT2D eigenvalue weighted by atomic mass is 10.2. The third-order valence-corrected chi connectivity index (χ3v) is 4.82. The molecule has 2 N–H and O–H groups in total. The highest BCUT2D eigenvalue weighted by Crippen LogP contribution is 2.14. The van der Waals surface area contributed by atoms with Crippen molar-refractivity contribution in [1.82, 2.24) is 15.5 Å². The van der Waals surface area contributed by atoms with E-state index in [4.69, 9.17) is 0 Å². The summed E-state index contributed by atoms with van der Waals surface area (Å²) >= 11 is 1.44. The lowest BCUT2D eigenvalue weighted by Gasteiger charge is -2.19. The maximum Gasteiger partial charge on any atom is 0.261 e. The van der Waals surface area contributed by atoms with E-state index < -0.39 is 0 Å². The second-order valence-corrected chi connectivity index (χ2v) is 6.99. The molecule has 1 aliphatic heterocycles. The van der Waals surface area contributed by atoms with Gasteiger partial charge in [0.15, 0.2) is 0 Å². The van der Waals surface area contributed by atoms with E-state index in [2.05, 4.69) is 15.5 Å². The summed E-state index contributed by atoms with van der Waals surface area (Å²) in [4.78, 5) is 27.7. The number of nitrogens with one attached hydrogen (secondary N) is 2. The third-order valence-electron chi connectivity index (χ3n) is 3.82. The van der Waals surface area contributed by atoms with Crippen molar-refractivity contribution in [1.29, 1.82) is 0 Å². The van der Waals surface area contributed by atoms with Crippen molar-refractivity contribution in [2.24, 2.45) is 0 Å². The molecule has 0 aliphatic carbocycles. The van der Waals surface area contributed by atoms with Gasteiger partial charge in [0.2, 0.25) is 5.91 Å². The van der Waals surface area contributed by atoms with Gasteiger partial charge in [0.1, 0.15) is 0 Å². The van der Waals surface area contributed by atoms with Crippen LogP contribution in [0.4, 0.5) is 0 Å². The molecule has 2 heterocycles. The number of carbonyl (C=O) groups excluding carboxylic acids is 2. The maximum absolute atomic E-state index is 11.8. The first-order valence-electron chi connectivity index (χ1n) is 7.99. The van der Waals surface area contributed by atoms with Gasteiger partial charge in [0, 0.05) is 18.0 Å². The van der Waals surface area contributed by atoms with Crippen LogP contribution in [0.25, 0.3) is 0 Å². The zero-order valence-electron chi connectivity index (χ0n) is 13.2. The molecule has 0 unspecified atom stereocenters. The molecule has 0 radical (unpaired) electrons. The first-order valence-corrected chi connectivity index (χ1v) is 8.80. The van der Waals surface area contributed by atoms with Crippen molar-refractivity contribution >= 4 is 23.2 Å². The third kappa shape index (κ3) is 5.77. The van der Waals surface area contributed by atoms with E-state index in [0.29, 0.717) is 11.4 Å². The number of amides is 2. The zero-order chi connectivity index (χ0) is 15.8. The van der Waals surface area contributed by atoms with E-state index in [1.54, 1.807) is 6.07 Å². The molecule has 22 heavy (non-hydrogen) atoms. The zero-order valence-corrected chi connectivity index (χ0v) is 14.0. The molecule has 6 heteroatoms. The molecule has 5 nitrogen and oxygen atoms in total. The van der Waals surface area contributed by atoms with Crippen molar-refractivity contribution in [2.45, 2.75) is 32.6 Å². The van der Waals surface area contributed by atoms with Crippen LogP contribution >= 0.6 is 11.3 Å². The molecule has 0 bridgehead atoms. The standard InChI is InChI=1S/C16H25N3O2S/c1-13-6-7-14(22-13)16(21)18-12-15(20)17-8-11-19-9-4-2-3-5-10-19/h6-7H,2-5,8-12H2,1H3,(H,17,20)(H,18,21). The van der Waals surface area contributed by atoms with Gasteiger partial charge < -0.3 is 15.5 Å². The Hall–Kier alpha value is -1.40. The van der Waals surface area contributed by atoms with Crippen LogP contribution in [0.2, 0.25) is 0 Å². The highest BCUT2D eigenvalue weighted by Gasteiger charge is 2.11. The first-order chi connectivity index (χ1) is 10.6.